The minimum absolute atomic E-state index is 0.0665. The molecule has 0 spiro atoms. The van der Waals surface area contributed by atoms with E-state index >= 15 is 0 Å². The fraction of sp³-hybridized carbons (Fsp3) is 0.222. The van der Waals surface area contributed by atoms with Gasteiger partial charge in [-0.2, -0.15) is 0 Å². The topological polar surface area (TPSA) is 46.5 Å². The van der Waals surface area contributed by atoms with Gasteiger partial charge in [-0.05, 0) is 17.7 Å². The Labute approximate surface area is 84.5 Å². The molecule has 1 atom stereocenters. The van der Waals surface area contributed by atoms with E-state index < -0.39 is 0 Å². The average Bonchev–Trinajstić information content (AvgIpc) is 2.17. The van der Waals surface area contributed by atoms with Crippen molar-refractivity contribution in [2.45, 2.75) is 4.83 Å². The van der Waals surface area contributed by atoms with Gasteiger partial charge in [0.2, 0.25) is 0 Å². The van der Waals surface area contributed by atoms with E-state index in [0.29, 0.717) is 5.75 Å². The second-order valence-electron chi connectivity index (χ2n) is 2.47. The molecule has 0 aliphatic rings. The van der Waals surface area contributed by atoms with Crippen molar-refractivity contribution in [3.63, 3.8) is 0 Å². The lowest BCUT2D eigenvalue weighted by molar-refractivity contribution is -0.107. The molecule has 0 heterocycles. The van der Waals surface area contributed by atoms with E-state index in [2.05, 4.69) is 15.9 Å². The molecule has 1 aromatic carbocycles. The quantitative estimate of drug-likeness (QED) is 0.654. The van der Waals surface area contributed by atoms with Gasteiger partial charge in [0.25, 0.3) is 0 Å². The van der Waals surface area contributed by atoms with Gasteiger partial charge in [-0.15, -0.1) is 0 Å². The Morgan fingerprint density at radius 2 is 2.31 bits per heavy atom. The summed E-state index contributed by atoms with van der Waals surface area (Å²) in [4.78, 5) is 10.1. The third kappa shape index (κ3) is 2.21. The van der Waals surface area contributed by atoms with Gasteiger partial charge in [0.05, 0.1) is 11.9 Å². The van der Waals surface area contributed by atoms with Crippen molar-refractivity contribution in [1.82, 2.24) is 0 Å². The van der Waals surface area contributed by atoms with E-state index in [9.17, 15) is 9.90 Å². The van der Waals surface area contributed by atoms with Crippen LogP contribution in [0.15, 0.2) is 18.2 Å². The van der Waals surface area contributed by atoms with Crippen molar-refractivity contribution in [2.75, 3.05) is 7.11 Å². The summed E-state index contributed by atoms with van der Waals surface area (Å²) in [6.45, 7) is 0. The van der Waals surface area contributed by atoms with Crippen molar-refractivity contribution in [3.8, 4) is 11.5 Å². The zero-order valence-corrected chi connectivity index (χ0v) is 8.61. The van der Waals surface area contributed by atoms with Gasteiger partial charge in [0, 0.05) is 0 Å². The first-order valence-corrected chi connectivity index (χ1v) is 4.57. The molecular weight excluding hydrogens is 236 g/mol. The minimum atomic E-state index is -0.359. The molecule has 0 bridgehead atoms. The zero-order valence-electron chi connectivity index (χ0n) is 7.03. The molecule has 0 radical (unpaired) electrons. The lowest BCUT2D eigenvalue weighted by Gasteiger charge is -2.06. The predicted octanol–water partition coefficient (Wildman–Crippen LogP) is 2.04. The normalized spacial score (nSPS) is 12.2. The first kappa shape index (κ1) is 10.1. The third-order valence-electron chi connectivity index (χ3n) is 1.64. The first-order chi connectivity index (χ1) is 6.19. The minimum Gasteiger partial charge on any atom is -0.504 e. The summed E-state index contributed by atoms with van der Waals surface area (Å²) in [6.07, 6.45) is 0.770. The highest BCUT2D eigenvalue weighted by molar-refractivity contribution is 9.09. The van der Waals surface area contributed by atoms with Gasteiger partial charge in [-0.3, -0.25) is 0 Å². The Morgan fingerprint density at radius 1 is 1.62 bits per heavy atom. The number of carbonyl (C=O) groups excluding carboxylic acids is 1. The molecule has 0 fully saturated rings. The maximum Gasteiger partial charge on any atom is 0.160 e. The Balaban J connectivity index is 3.05. The Hall–Kier alpha value is -1.03. The summed E-state index contributed by atoms with van der Waals surface area (Å²) < 4.78 is 4.89. The molecule has 1 aromatic rings. The fourth-order valence-corrected chi connectivity index (χ4v) is 1.23. The van der Waals surface area contributed by atoms with Crippen LogP contribution in [-0.4, -0.2) is 18.5 Å². The number of carbonyl (C=O) groups is 1. The highest BCUT2D eigenvalue weighted by Gasteiger charge is 2.08. The highest BCUT2D eigenvalue weighted by atomic mass is 79.9. The van der Waals surface area contributed by atoms with Gasteiger partial charge < -0.3 is 14.6 Å². The number of halogens is 1. The summed E-state index contributed by atoms with van der Waals surface area (Å²) >= 11 is 3.17. The van der Waals surface area contributed by atoms with Crippen molar-refractivity contribution >= 4 is 22.2 Å². The molecule has 0 saturated carbocycles. The van der Waals surface area contributed by atoms with Crippen LogP contribution in [0.3, 0.4) is 0 Å². The number of hydrogen-bond acceptors (Lipinski definition) is 3. The van der Waals surface area contributed by atoms with Crippen molar-refractivity contribution in [1.29, 1.82) is 0 Å². The molecule has 70 valence electrons. The lowest BCUT2D eigenvalue weighted by Crippen LogP contribution is -1.92. The SMILES string of the molecule is COc1cc(C(Br)C=O)ccc1O. The van der Waals surface area contributed by atoms with Gasteiger partial charge in [-0.1, -0.05) is 22.0 Å². The molecule has 1 rings (SSSR count). The molecular formula is C9H9BrO3. The number of aromatic hydroxyl groups is 1. The number of aldehydes is 1. The number of rotatable bonds is 3. The molecule has 0 aliphatic carbocycles. The van der Waals surface area contributed by atoms with Crippen LogP contribution in [0.2, 0.25) is 0 Å². The van der Waals surface area contributed by atoms with Crippen LogP contribution < -0.4 is 4.74 Å². The second-order valence-corrected chi connectivity index (χ2v) is 3.46. The number of alkyl halides is 1. The van der Waals surface area contributed by atoms with Gasteiger partial charge in [0.1, 0.15) is 6.29 Å². The van der Waals surface area contributed by atoms with Crippen molar-refractivity contribution < 1.29 is 14.6 Å². The lowest BCUT2D eigenvalue weighted by atomic mass is 10.1. The Bertz CT molecular complexity index is 312. The van der Waals surface area contributed by atoms with Crippen LogP contribution in [0.1, 0.15) is 10.4 Å². The summed E-state index contributed by atoms with van der Waals surface area (Å²) in [5.74, 6) is 0.431. The Morgan fingerprint density at radius 3 is 2.85 bits per heavy atom. The number of phenolic OH excluding ortho intramolecular Hbond substituents is 1. The second kappa shape index (κ2) is 4.28. The van der Waals surface area contributed by atoms with Crippen LogP contribution in [-0.2, 0) is 4.79 Å². The Kier molecular flexibility index (Phi) is 3.31. The maximum absolute atomic E-state index is 10.4. The molecule has 1 N–H and O–H groups in total. The van der Waals surface area contributed by atoms with E-state index in [1.807, 2.05) is 0 Å². The summed E-state index contributed by atoms with van der Waals surface area (Å²) in [7, 11) is 1.46. The van der Waals surface area contributed by atoms with E-state index in [0.717, 1.165) is 11.8 Å². The molecule has 3 nitrogen and oxygen atoms in total. The van der Waals surface area contributed by atoms with Crippen molar-refractivity contribution in [3.05, 3.63) is 23.8 Å². The van der Waals surface area contributed by atoms with E-state index in [1.54, 1.807) is 12.1 Å². The number of methoxy groups -OCH3 is 1. The number of ether oxygens (including phenoxy) is 1. The molecule has 13 heavy (non-hydrogen) atoms. The summed E-state index contributed by atoms with van der Waals surface area (Å²) in [5, 5.41) is 9.26. The van der Waals surface area contributed by atoms with Crippen LogP contribution in [0.25, 0.3) is 0 Å². The van der Waals surface area contributed by atoms with Crippen LogP contribution >= 0.6 is 15.9 Å². The number of benzene rings is 1. The van der Waals surface area contributed by atoms with Gasteiger partial charge in [0.15, 0.2) is 11.5 Å². The molecule has 0 saturated heterocycles. The monoisotopic (exact) mass is 244 g/mol. The van der Waals surface area contributed by atoms with Crippen LogP contribution in [0, 0.1) is 0 Å². The zero-order chi connectivity index (χ0) is 9.84. The largest absolute Gasteiger partial charge is 0.504 e. The van der Waals surface area contributed by atoms with Gasteiger partial charge in [-0.25, -0.2) is 0 Å². The maximum atomic E-state index is 10.4. The first-order valence-electron chi connectivity index (χ1n) is 3.65. The summed E-state index contributed by atoms with van der Waals surface area (Å²) in [5.41, 5.74) is 0.754. The smallest absolute Gasteiger partial charge is 0.160 e. The summed E-state index contributed by atoms with van der Waals surface area (Å²) in [6, 6.07) is 4.76. The highest BCUT2D eigenvalue weighted by Crippen LogP contribution is 2.30. The predicted molar refractivity (Wildman–Crippen MR) is 52.4 cm³/mol. The van der Waals surface area contributed by atoms with E-state index in [-0.39, 0.29) is 10.6 Å². The fourth-order valence-electron chi connectivity index (χ4n) is 0.944. The standard InChI is InChI=1S/C9H9BrO3/c1-13-9-4-6(7(10)5-11)2-3-8(9)12/h2-5,7,12H,1H3. The van der Waals surface area contributed by atoms with Crippen LogP contribution in [0.5, 0.6) is 11.5 Å². The number of phenols is 1. The molecule has 4 heteroatoms. The van der Waals surface area contributed by atoms with E-state index in [4.69, 9.17) is 4.74 Å². The number of hydrogen-bond donors (Lipinski definition) is 1. The third-order valence-corrected chi connectivity index (χ3v) is 2.39. The molecule has 0 aromatic heterocycles. The average molecular weight is 245 g/mol. The van der Waals surface area contributed by atoms with Crippen LogP contribution in [0.4, 0.5) is 0 Å². The molecule has 1 unspecified atom stereocenters. The van der Waals surface area contributed by atoms with Gasteiger partial charge >= 0.3 is 0 Å². The van der Waals surface area contributed by atoms with E-state index in [1.165, 1.54) is 13.2 Å². The molecule has 0 aliphatic heterocycles. The molecule has 0 amide bonds. The van der Waals surface area contributed by atoms with Crippen molar-refractivity contribution in [2.24, 2.45) is 0 Å².